The Labute approximate surface area is 160 Å². The number of ketones is 1. The summed E-state index contributed by atoms with van der Waals surface area (Å²) in [5, 5.41) is 17.9. The lowest BCUT2D eigenvalue weighted by Crippen LogP contribution is -2.14. The summed E-state index contributed by atoms with van der Waals surface area (Å²) < 4.78 is 0.808. The van der Waals surface area contributed by atoms with Crippen LogP contribution in [0.15, 0.2) is 57.7 Å². The molecule has 0 saturated carbocycles. The number of nitrogens with one attached hydrogen (secondary N) is 1. The highest BCUT2D eigenvalue weighted by molar-refractivity contribution is 9.10. The van der Waals surface area contributed by atoms with Crippen molar-refractivity contribution in [3.8, 4) is 0 Å². The van der Waals surface area contributed by atoms with Gasteiger partial charge in [-0.05, 0) is 51.0 Å². The molecular weight excluding hydrogens is 424 g/mol. The number of rotatable bonds is 7. The van der Waals surface area contributed by atoms with E-state index in [1.54, 1.807) is 23.5 Å². The SMILES string of the molecule is O=C(CC(Nc1ccc([N+](=O)[O-])cc1)c1cccs1)c1sccc1Br. The smallest absolute Gasteiger partial charge is 0.269 e. The fourth-order valence-corrected chi connectivity index (χ4v) is 4.69. The Kier molecular flexibility index (Phi) is 5.62. The molecule has 1 N–H and O–H groups in total. The average molecular weight is 437 g/mol. The molecule has 1 unspecified atom stereocenters. The Hall–Kier alpha value is -2.03. The Morgan fingerprint density at radius 2 is 1.92 bits per heavy atom. The highest BCUT2D eigenvalue weighted by atomic mass is 79.9. The number of carbonyl (C=O) groups excluding carboxylic acids is 1. The number of benzene rings is 1. The number of Topliss-reactive ketones (excluding diaryl/α,β-unsaturated/α-hetero) is 1. The topological polar surface area (TPSA) is 72.2 Å². The van der Waals surface area contributed by atoms with Gasteiger partial charge in [0.2, 0.25) is 0 Å². The van der Waals surface area contributed by atoms with E-state index < -0.39 is 4.92 Å². The predicted molar refractivity (Wildman–Crippen MR) is 105 cm³/mol. The summed E-state index contributed by atoms with van der Waals surface area (Å²) in [5.41, 5.74) is 0.777. The molecule has 0 aliphatic rings. The van der Waals surface area contributed by atoms with E-state index in [1.807, 2.05) is 29.0 Å². The lowest BCUT2D eigenvalue weighted by Gasteiger charge is -2.18. The maximum atomic E-state index is 12.6. The van der Waals surface area contributed by atoms with Crippen molar-refractivity contribution in [1.82, 2.24) is 0 Å². The first-order valence-corrected chi connectivity index (χ1v) is 9.90. The van der Waals surface area contributed by atoms with Gasteiger partial charge in [0.25, 0.3) is 5.69 Å². The summed E-state index contributed by atoms with van der Waals surface area (Å²) >= 11 is 6.38. The van der Waals surface area contributed by atoms with Gasteiger partial charge < -0.3 is 5.32 Å². The summed E-state index contributed by atoms with van der Waals surface area (Å²) in [6, 6.07) is 11.8. The van der Waals surface area contributed by atoms with Crippen LogP contribution in [0.1, 0.15) is 27.0 Å². The van der Waals surface area contributed by atoms with Crippen LogP contribution in [0.4, 0.5) is 11.4 Å². The maximum Gasteiger partial charge on any atom is 0.269 e. The Balaban J connectivity index is 1.79. The minimum atomic E-state index is -0.432. The number of halogens is 1. The van der Waals surface area contributed by atoms with Crippen LogP contribution in [0.25, 0.3) is 0 Å². The van der Waals surface area contributed by atoms with Crippen LogP contribution in [-0.4, -0.2) is 10.7 Å². The number of hydrogen-bond acceptors (Lipinski definition) is 6. The summed E-state index contributed by atoms with van der Waals surface area (Å²) in [6.45, 7) is 0. The first kappa shape index (κ1) is 17.8. The lowest BCUT2D eigenvalue weighted by molar-refractivity contribution is -0.384. The van der Waals surface area contributed by atoms with Gasteiger partial charge in [0.05, 0.1) is 15.8 Å². The molecule has 25 heavy (non-hydrogen) atoms. The fourth-order valence-electron chi connectivity index (χ4n) is 2.36. The molecule has 8 heteroatoms. The molecule has 0 fully saturated rings. The number of anilines is 1. The predicted octanol–water partition coefficient (Wildman–Crippen LogP) is 5.91. The summed E-state index contributed by atoms with van der Waals surface area (Å²) in [5.74, 6) is 0.0506. The third-order valence-electron chi connectivity index (χ3n) is 3.57. The maximum absolute atomic E-state index is 12.6. The van der Waals surface area contributed by atoms with Crippen molar-refractivity contribution in [3.05, 3.63) is 77.6 Å². The Bertz CT molecular complexity index is 876. The van der Waals surface area contributed by atoms with Crippen LogP contribution in [0, 0.1) is 10.1 Å². The molecule has 3 rings (SSSR count). The molecule has 128 valence electrons. The van der Waals surface area contributed by atoms with Crippen LogP contribution in [-0.2, 0) is 0 Å². The molecule has 0 saturated heterocycles. The molecule has 3 aromatic rings. The van der Waals surface area contributed by atoms with Gasteiger partial charge in [-0.3, -0.25) is 14.9 Å². The molecule has 1 aromatic carbocycles. The van der Waals surface area contributed by atoms with Gasteiger partial charge in [-0.15, -0.1) is 22.7 Å². The zero-order chi connectivity index (χ0) is 17.8. The van der Waals surface area contributed by atoms with Gasteiger partial charge in [-0.2, -0.15) is 0 Å². The second-order valence-electron chi connectivity index (χ2n) is 5.24. The van der Waals surface area contributed by atoms with Crippen LogP contribution < -0.4 is 5.32 Å². The molecule has 0 aliphatic heterocycles. The minimum Gasteiger partial charge on any atom is -0.377 e. The summed E-state index contributed by atoms with van der Waals surface area (Å²) in [4.78, 5) is 24.7. The van der Waals surface area contributed by atoms with Crippen molar-refractivity contribution >= 4 is 55.8 Å². The number of nitrogens with zero attached hydrogens (tertiary/aromatic N) is 1. The van der Waals surface area contributed by atoms with Crippen molar-refractivity contribution in [1.29, 1.82) is 0 Å². The number of nitro groups is 1. The number of non-ortho nitro benzene ring substituents is 1. The van der Waals surface area contributed by atoms with Gasteiger partial charge in [0.15, 0.2) is 5.78 Å². The molecule has 2 heterocycles. The van der Waals surface area contributed by atoms with Crippen molar-refractivity contribution < 1.29 is 9.72 Å². The van der Waals surface area contributed by atoms with Crippen molar-refractivity contribution in [2.75, 3.05) is 5.32 Å². The first-order chi connectivity index (χ1) is 12.0. The fraction of sp³-hybridized carbons (Fsp3) is 0.118. The van der Waals surface area contributed by atoms with Gasteiger partial charge in [-0.1, -0.05) is 6.07 Å². The van der Waals surface area contributed by atoms with Gasteiger partial charge in [0.1, 0.15) is 0 Å². The van der Waals surface area contributed by atoms with E-state index in [0.717, 1.165) is 15.0 Å². The second kappa shape index (κ2) is 7.90. The van der Waals surface area contributed by atoms with Gasteiger partial charge in [0, 0.05) is 33.6 Å². The molecule has 0 amide bonds. The lowest BCUT2D eigenvalue weighted by atomic mass is 10.1. The zero-order valence-electron chi connectivity index (χ0n) is 12.8. The minimum absolute atomic E-state index is 0.0387. The van der Waals surface area contributed by atoms with Crippen molar-refractivity contribution in [3.63, 3.8) is 0 Å². The third kappa shape index (κ3) is 4.33. The monoisotopic (exact) mass is 436 g/mol. The first-order valence-electron chi connectivity index (χ1n) is 7.35. The normalized spacial score (nSPS) is 11.9. The van der Waals surface area contributed by atoms with Gasteiger partial charge in [-0.25, -0.2) is 0 Å². The van der Waals surface area contributed by atoms with Crippen LogP contribution in [0.3, 0.4) is 0 Å². The van der Waals surface area contributed by atoms with E-state index in [9.17, 15) is 14.9 Å². The second-order valence-corrected chi connectivity index (χ2v) is 7.99. The average Bonchev–Trinajstić information content (AvgIpc) is 3.26. The molecule has 0 spiro atoms. The van der Waals surface area contributed by atoms with Gasteiger partial charge >= 0.3 is 0 Å². The zero-order valence-corrected chi connectivity index (χ0v) is 16.1. The number of thiophene rings is 2. The largest absolute Gasteiger partial charge is 0.377 e. The van der Waals surface area contributed by atoms with E-state index in [-0.39, 0.29) is 17.5 Å². The molecule has 1 atom stereocenters. The molecule has 0 aliphatic carbocycles. The van der Waals surface area contributed by atoms with Crippen LogP contribution >= 0.6 is 38.6 Å². The molecule has 2 aromatic heterocycles. The van der Waals surface area contributed by atoms with Crippen molar-refractivity contribution in [2.45, 2.75) is 12.5 Å². The summed E-state index contributed by atoms with van der Waals surface area (Å²) in [7, 11) is 0. The molecule has 0 bridgehead atoms. The van der Waals surface area contributed by atoms with E-state index >= 15 is 0 Å². The van der Waals surface area contributed by atoms with Crippen LogP contribution in [0.5, 0.6) is 0 Å². The number of carbonyl (C=O) groups is 1. The number of nitro benzene ring substituents is 1. The van der Waals surface area contributed by atoms with E-state index in [1.165, 1.54) is 23.5 Å². The standard InChI is InChI=1S/C17H13BrN2O3S2/c18-13-7-9-25-17(13)15(21)10-14(16-2-1-8-24-16)19-11-3-5-12(6-4-11)20(22)23/h1-9,14,19H,10H2. The molecule has 0 radical (unpaired) electrons. The Morgan fingerprint density at radius 1 is 1.16 bits per heavy atom. The Morgan fingerprint density at radius 3 is 2.48 bits per heavy atom. The highest BCUT2D eigenvalue weighted by Gasteiger charge is 2.20. The van der Waals surface area contributed by atoms with E-state index in [2.05, 4.69) is 21.2 Å². The van der Waals surface area contributed by atoms with E-state index in [4.69, 9.17) is 0 Å². The number of hydrogen-bond donors (Lipinski definition) is 1. The summed E-state index contributed by atoms with van der Waals surface area (Å²) in [6.07, 6.45) is 0.302. The third-order valence-corrected chi connectivity index (χ3v) is 6.43. The van der Waals surface area contributed by atoms with Crippen molar-refractivity contribution in [2.24, 2.45) is 0 Å². The van der Waals surface area contributed by atoms with Crippen LogP contribution in [0.2, 0.25) is 0 Å². The molecule has 5 nitrogen and oxygen atoms in total. The quantitative estimate of drug-likeness (QED) is 0.284. The van der Waals surface area contributed by atoms with E-state index in [0.29, 0.717) is 11.3 Å². The highest BCUT2D eigenvalue weighted by Crippen LogP contribution is 2.31. The molecular formula is C17H13BrN2O3S2.